The molecule has 0 aromatic rings. The Morgan fingerprint density at radius 1 is 0.636 bits per heavy atom. The molecule has 22 heavy (non-hydrogen) atoms. The quantitative estimate of drug-likeness (QED) is 0.502. The van der Waals surface area contributed by atoms with Gasteiger partial charge < -0.3 is 24.7 Å². The van der Waals surface area contributed by atoms with Crippen LogP contribution in [0.5, 0.6) is 0 Å². The van der Waals surface area contributed by atoms with Gasteiger partial charge in [-0.25, -0.2) is 0 Å². The molecule has 2 N–H and O–H groups in total. The van der Waals surface area contributed by atoms with Crippen molar-refractivity contribution in [3.05, 3.63) is 0 Å². The van der Waals surface area contributed by atoms with Crippen LogP contribution in [0.2, 0.25) is 0 Å². The van der Waals surface area contributed by atoms with Crippen molar-refractivity contribution in [1.29, 1.82) is 0 Å². The SMILES string of the molecule is CC(=O)O.CC(=O)O.CC(=O)ON(OC(C)=O)OC(C)=O.[Cu]. The van der Waals surface area contributed by atoms with Gasteiger partial charge in [0.1, 0.15) is 0 Å². The minimum absolute atomic E-state index is 0. The Bertz CT molecular complexity index is 326. The van der Waals surface area contributed by atoms with Gasteiger partial charge in [0.2, 0.25) is 5.39 Å². The molecule has 0 unspecified atom stereocenters. The number of carbonyl (C=O) groups excluding carboxylic acids is 3. The monoisotopic (exact) mass is 374 g/mol. The summed E-state index contributed by atoms with van der Waals surface area (Å²) in [6.07, 6.45) is 0. The number of carboxylic acids is 2. The number of hydrogen-bond acceptors (Lipinski definition) is 9. The Morgan fingerprint density at radius 2 is 0.773 bits per heavy atom. The molecule has 0 aliphatic heterocycles. The summed E-state index contributed by atoms with van der Waals surface area (Å²) in [7, 11) is 0. The van der Waals surface area contributed by atoms with Crippen LogP contribution in [0.15, 0.2) is 0 Å². The maximum atomic E-state index is 10.4. The van der Waals surface area contributed by atoms with Crippen LogP contribution in [-0.4, -0.2) is 45.4 Å². The summed E-state index contributed by atoms with van der Waals surface area (Å²) in [5.41, 5.74) is 0. The molecule has 0 aliphatic carbocycles. The summed E-state index contributed by atoms with van der Waals surface area (Å²) in [6.45, 7) is 5.33. The van der Waals surface area contributed by atoms with E-state index in [2.05, 4.69) is 14.5 Å². The molecule has 12 heteroatoms. The van der Waals surface area contributed by atoms with Crippen LogP contribution in [0.25, 0.3) is 0 Å². The Balaban J connectivity index is -0.000000150. The van der Waals surface area contributed by atoms with E-state index >= 15 is 0 Å². The normalized spacial score (nSPS) is 7.73. The molecular weight excluding hydrogens is 358 g/mol. The van der Waals surface area contributed by atoms with Gasteiger partial charge in [0.05, 0.1) is 0 Å². The van der Waals surface area contributed by atoms with E-state index < -0.39 is 29.8 Å². The van der Waals surface area contributed by atoms with Crippen molar-refractivity contribution in [3.63, 3.8) is 0 Å². The third kappa shape index (κ3) is 52.3. The Hall–Kier alpha value is -2.17. The van der Waals surface area contributed by atoms with E-state index in [-0.39, 0.29) is 22.5 Å². The molecule has 133 valence electrons. The Morgan fingerprint density at radius 3 is 0.864 bits per heavy atom. The zero-order chi connectivity index (χ0) is 17.6. The minimum atomic E-state index is -0.833. The van der Waals surface area contributed by atoms with Crippen molar-refractivity contribution in [2.24, 2.45) is 0 Å². The van der Waals surface area contributed by atoms with Gasteiger partial charge in [-0.1, -0.05) is 0 Å². The summed E-state index contributed by atoms with van der Waals surface area (Å²) in [6, 6.07) is 0. The molecule has 0 amide bonds. The van der Waals surface area contributed by atoms with Crippen LogP contribution in [0.3, 0.4) is 0 Å². The molecule has 0 rings (SSSR count). The van der Waals surface area contributed by atoms with Crippen LogP contribution in [0, 0.1) is 0 Å². The second-order valence-electron chi connectivity index (χ2n) is 3.01. The molecule has 0 aliphatic rings. The average Bonchev–Trinajstić information content (AvgIpc) is 2.10. The minimum Gasteiger partial charge on any atom is -0.481 e. The first-order chi connectivity index (χ1) is 9.38. The van der Waals surface area contributed by atoms with Crippen molar-refractivity contribution in [3.8, 4) is 0 Å². The fraction of sp³-hybridized carbons (Fsp3) is 0.500. The third-order valence-electron chi connectivity index (χ3n) is 0.609. The number of aliphatic carboxylic acids is 2. The summed E-state index contributed by atoms with van der Waals surface area (Å²) >= 11 is 0. The van der Waals surface area contributed by atoms with E-state index in [1.54, 1.807) is 0 Å². The van der Waals surface area contributed by atoms with Crippen molar-refractivity contribution in [1.82, 2.24) is 5.39 Å². The van der Waals surface area contributed by atoms with Gasteiger partial charge in [-0.15, -0.1) is 0 Å². The Labute approximate surface area is 136 Å². The maximum absolute atomic E-state index is 10.4. The van der Waals surface area contributed by atoms with Gasteiger partial charge in [-0.2, -0.15) is 0 Å². The standard InChI is InChI=1S/C6H9NO6.2C2H4O2.Cu/c1-4(8)11-7(12-5(2)9)13-6(3)10;2*1-2(3)4;/h1-3H3;2*1H3,(H,3,4);. The average molecular weight is 375 g/mol. The topological polar surface area (TPSA) is 157 Å². The van der Waals surface area contributed by atoms with Crippen molar-refractivity contribution >= 4 is 29.8 Å². The second kappa shape index (κ2) is 16.9. The van der Waals surface area contributed by atoms with Crippen molar-refractivity contribution in [2.45, 2.75) is 34.6 Å². The molecule has 0 spiro atoms. The van der Waals surface area contributed by atoms with E-state index in [0.29, 0.717) is 0 Å². The molecule has 0 heterocycles. The summed E-state index contributed by atoms with van der Waals surface area (Å²) in [5, 5.41) is 14.9. The first kappa shape index (κ1) is 28.1. The van der Waals surface area contributed by atoms with Gasteiger partial charge >= 0.3 is 17.9 Å². The number of carbonyl (C=O) groups is 5. The fourth-order valence-electron chi connectivity index (χ4n) is 0.371. The second-order valence-corrected chi connectivity index (χ2v) is 3.01. The smallest absolute Gasteiger partial charge is 0.329 e. The molecule has 0 atom stereocenters. The van der Waals surface area contributed by atoms with Crippen molar-refractivity contribution < 1.29 is 65.8 Å². The molecule has 0 aromatic heterocycles. The van der Waals surface area contributed by atoms with Crippen LogP contribution in [-0.2, 0) is 55.6 Å². The zero-order valence-electron chi connectivity index (χ0n) is 12.4. The van der Waals surface area contributed by atoms with Gasteiger partial charge in [-0.3, -0.25) is 24.0 Å². The first-order valence-corrected chi connectivity index (χ1v) is 5.13. The molecule has 0 aromatic carbocycles. The predicted molar refractivity (Wildman–Crippen MR) is 63.8 cm³/mol. The molecule has 11 nitrogen and oxygen atoms in total. The van der Waals surface area contributed by atoms with Crippen LogP contribution < -0.4 is 0 Å². The van der Waals surface area contributed by atoms with E-state index in [0.717, 1.165) is 34.6 Å². The first-order valence-electron chi connectivity index (χ1n) is 5.13. The van der Waals surface area contributed by atoms with Crippen LogP contribution >= 0.6 is 0 Å². The third-order valence-corrected chi connectivity index (χ3v) is 0.609. The molecule has 0 saturated heterocycles. The van der Waals surface area contributed by atoms with E-state index in [1.807, 2.05) is 0 Å². The number of rotatable bonds is 3. The van der Waals surface area contributed by atoms with E-state index in [4.69, 9.17) is 19.8 Å². The van der Waals surface area contributed by atoms with Gasteiger partial charge in [0.25, 0.3) is 11.9 Å². The fourth-order valence-corrected chi connectivity index (χ4v) is 0.371. The number of carboxylic acid groups (broad SMARTS) is 2. The molecule has 0 bridgehead atoms. The zero-order valence-corrected chi connectivity index (χ0v) is 13.4. The number of hydrogen-bond donors (Lipinski definition) is 2. The maximum Gasteiger partial charge on any atom is 0.329 e. The molecule has 1 radical (unpaired) electrons. The summed E-state index contributed by atoms with van der Waals surface area (Å²) in [5.74, 6) is -4.03. The number of nitrogens with zero attached hydrogens (tertiary/aromatic N) is 1. The molecule has 0 saturated carbocycles. The van der Waals surface area contributed by atoms with Crippen molar-refractivity contribution in [2.75, 3.05) is 0 Å². The van der Waals surface area contributed by atoms with Crippen LogP contribution in [0.1, 0.15) is 34.6 Å². The Kier molecular flexibility index (Phi) is 21.5. The summed E-state index contributed by atoms with van der Waals surface area (Å²) < 4.78 is 0. The van der Waals surface area contributed by atoms with Gasteiger partial charge in [0.15, 0.2) is 0 Å². The summed E-state index contributed by atoms with van der Waals surface area (Å²) in [4.78, 5) is 61.7. The van der Waals surface area contributed by atoms with Crippen LogP contribution in [0.4, 0.5) is 0 Å². The molecular formula is C10H17CuNO10. The predicted octanol–water partition coefficient (Wildman–Crippen LogP) is -0.0980. The van der Waals surface area contributed by atoms with Gasteiger partial charge in [-0.05, 0) is 0 Å². The van der Waals surface area contributed by atoms with E-state index in [1.165, 1.54) is 0 Å². The largest absolute Gasteiger partial charge is 0.481 e. The van der Waals surface area contributed by atoms with E-state index in [9.17, 15) is 14.4 Å². The van der Waals surface area contributed by atoms with Gasteiger partial charge in [0, 0.05) is 51.7 Å². The molecule has 0 fully saturated rings.